The Hall–Kier alpha value is -1.11. The zero-order chi connectivity index (χ0) is 16.4. The topological polar surface area (TPSA) is 83.6 Å². The maximum Gasteiger partial charge on any atom is 0.246 e. The van der Waals surface area contributed by atoms with Gasteiger partial charge in [0, 0.05) is 12.3 Å². The second kappa shape index (κ2) is 6.77. The summed E-state index contributed by atoms with van der Waals surface area (Å²) in [7, 11) is -3.22. The molecule has 0 bridgehead atoms. The summed E-state index contributed by atoms with van der Waals surface area (Å²) in [6, 6.07) is -1.66. The number of nitrogens with one attached hydrogen (secondary N) is 1. The molecule has 1 aliphatic heterocycles. The minimum Gasteiger partial charge on any atom is -0.342 e. The Morgan fingerprint density at radius 1 is 1.24 bits per heavy atom. The number of carbonyl (C=O) groups is 2. The number of sulfone groups is 1. The van der Waals surface area contributed by atoms with Gasteiger partial charge in [-0.15, -0.1) is 0 Å². The van der Waals surface area contributed by atoms with Crippen molar-refractivity contribution in [1.29, 1.82) is 0 Å². The van der Waals surface area contributed by atoms with Crippen molar-refractivity contribution in [3.8, 4) is 0 Å². The molecule has 1 N–H and O–H groups in total. The van der Waals surface area contributed by atoms with Crippen molar-refractivity contribution in [2.45, 2.75) is 58.7 Å². The Morgan fingerprint density at radius 2 is 1.81 bits per heavy atom. The fourth-order valence-electron chi connectivity index (χ4n) is 2.88. The van der Waals surface area contributed by atoms with Crippen LogP contribution in [0.2, 0.25) is 0 Å². The first-order chi connectivity index (χ1) is 9.58. The van der Waals surface area contributed by atoms with E-state index in [1.807, 2.05) is 20.8 Å². The molecule has 3 unspecified atom stereocenters. The largest absolute Gasteiger partial charge is 0.342 e. The van der Waals surface area contributed by atoms with Crippen molar-refractivity contribution in [2.24, 2.45) is 5.92 Å². The van der Waals surface area contributed by atoms with Gasteiger partial charge in [0.15, 0.2) is 0 Å². The predicted molar refractivity (Wildman–Crippen MR) is 81.5 cm³/mol. The smallest absolute Gasteiger partial charge is 0.246 e. The second-order valence-electron chi connectivity index (χ2n) is 6.23. The molecule has 1 saturated heterocycles. The Labute approximate surface area is 127 Å². The summed E-state index contributed by atoms with van der Waals surface area (Å²) in [5, 5.41) is 2.77. The Bertz CT molecular complexity index is 501. The molecule has 2 amide bonds. The lowest BCUT2D eigenvalue weighted by Gasteiger charge is -2.43. The highest BCUT2D eigenvalue weighted by Crippen LogP contribution is 2.22. The summed E-state index contributed by atoms with van der Waals surface area (Å²) < 4.78 is 23.0. The number of carbonyl (C=O) groups excluding carboxylic acids is 2. The average molecular weight is 318 g/mol. The van der Waals surface area contributed by atoms with E-state index in [9.17, 15) is 18.0 Å². The van der Waals surface area contributed by atoms with Crippen LogP contribution in [0.3, 0.4) is 0 Å². The maximum absolute atomic E-state index is 12.6. The molecule has 0 saturated carbocycles. The number of amides is 2. The van der Waals surface area contributed by atoms with Gasteiger partial charge in [-0.3, -0.25) is 9.59 Å². The van der Waals surface area contributed by atoms with Crippen LogP contribution in [0.15, 0.2) is 0 Å². The second-order valence-corrected chi connectivity index (χ2v) is 8.41. The van der Waals surface area contributed by atoms with Gasteiger partial charge in [0.05, 0.1) is 5.75 Å². The van der Waals surface area contributed by atoms with Crippen molar-refractivity contribution in [3.05, 3.63) is 0 Å². The van der Waals surface area contributed by atoms with Gasteiger partial charge < -0.3 is 10.2 Å². The molecule has 1 fully saturated rings. The first-order valence-electron chi connectivity index (χ1n) is 7.38. The number of hydrogen-bond donors (Lipinski definition) is 1. The van der Waals surface area contributed by atoms with Gasteiger partial charge in [-0.05, 0) is 19.3 Å². The van der Waals surface area contributed by atoms with Crippen molar-refractivity contribution in [1.82, 2.24) is 10.2 Å². The van der Waals surface area contributed by atoms with Gasteiger partial charge in [-0.25, -0.2) is 8.42 Å². The first kappa shape index (κ1) is 17.9. The molecule has 21 heavy (non-hydrogen) atoms. The molecule has 0 spiro atoms. The predicted octanol–water partition coefficient (Wildman–Crippen LogP) is 0.571. The molecule has 6 nitrogen and oxygen atoms in total. The summed E-state index contributed by atoms with van der Waals surface area (Å²) in [5.41, 5.74) is 0. The van der Waals surface area contributed by atoms with Crippen molar-refractivity contribution >= 4 is 21.7 Å². The van der Waals surface area contributed by atoms with Crippen LogP contribution in [-0.2, 0) is 19.4 Å². The van der Waals surface area contributed by atoms with Crippen LogP contribution in [-0.4, -0.2) is 55.3 Å². The van der Waals surface area contributed by atoms with E-state index in [0.717, 1.165) is 12.7 Å². The molecule has 0 aliphatic carbocycles. The van der Waals surface area contributed by atoms with Crippen LogP contribution in [0.1, 0.15) is 40.5 Å². The molecule has 7 heteroatoms. The normalized spacial score (nSPS) is 25.1. The van der Waals surface area contributed by atoms with E-state index in [-0.39, 0.29) is 23.5 Å². The van der Waals surface area contributed by atoms with Crippen molar-refractivity contribution in [2.75, 3.05) is 12.0 Å². The van der Waals surface area contributed by atoms with Crippen LogP contribution in [0.4, 0.5) is 0 Å². The Balaban J connectivity index is 3.10. The third kappa shape index (κ3) is 4.43. The summed E-state index contributed by atoms with van der Waals surface area (Å²) in [6.45, 7) is 7.35. The van der Waals surface area contributed by atoms with Crippen molar-refractivity contribution < 1.29 is 18.0 Å². The van der Waals surface area contributed by atoms with E-state index in [1.54, 1.807) is 6.92 Å². The van der Waals surface area contributed by atoms with Gasteiger partial charge in [0.2, 0.25) is 11.8 Å². The molecule has 0 aromatic heterocycles. The van der Waals surface area contributed by atoms with Crippen LogP contribution < -0.4 is 5.32 Å². The van der Waals surface area contributed by atoms with Crippen LogP contribution in [0, 0.1) is 5.92 Å². The lowest BCUT2D eigenvalue weighted by atomic mass is 9.94. The Morgan fingerprint density at radius 3 is 2.24 bits per heavy atom. The van der Waals surface area contributed by atoms with Crippen LogP contribution >= 0.6 is 0 Å². The fraction of sp³-hybridized carbons (Fsp3) is 0.857. The molecule has 0 aromatic rings. The fourth-order valence-corrected chi connectivity index (χ4v) is 3.92. The monoisotopic (exact) mass is 318 g/mol. The summed E-state index contributed by atoms with van der Waals surface area (Å²) in [4.78, 5) is 26.4. The SMILES string of the molecule is CCCC1NC(=O)C(C(C)C)N(C(C)CS(C)(=O)=O)C1=O. The summed E-state index contributed by atoms with van der Waals surface area (Å²) in [5.74, 6) is -0.568. The highest BCUT2D eigenvalue weighted by Gasteiger charge is 2.44. The van der Waals surface area contributed by atoms with E-state index < -0.39 is 28.0 Å². The summed E-state index contributed by atoms with van der Waals surface area (Å²) in [6.07, 6.45) is 2.49. The maximum atomic E-state index is 12.6. The molecular weight excluding hydrogens is 292 g/mol. The highest BCUT2D eigenvalue weighted by molar-refractivity contribution is 7.90. The van der Waals surface area contributed by atoms with E-state index >= 15 is 0 Å². The zero-order valence-corrected chi connectivity index (χ0v) is 14.2. The average Bonchev–Trinajstić information content (AvgIpc) is 2.30. The van der Waals surface area contributed by atoms with Gasteiger partial charge in [-0.2, -0.15) is 0 Å². The van der Waals surface area contributed by atoms with Gasteiger partial charge in [0.1, 0.15) is 21.9 Å². The minimum atomic E-state index is -3.22. The van der Waals surface area contributed by atoms with Crippen LogP contribution in [0.25, 0.3) is 0 Å². The van der Waals surface area contributed by atoms with E-state index in [4.69, 9.17) is 0 Å². The molecule has 1 rings (SSSR count). The van der Waals surface area contributed by atoms with Gasteiger partial charge in [0.25, 0.3) is 0 Å². The Kier molecular flexibility index (Phi) is 5.78. The third-order valence-corrected chi connectivity index (χ3v) is 4.75. The lowest BCUT2D eigenvalue weighted by molar-refractivity contribution is -0.153. The van der Waals surface area contributed by atoms with Gasteiger partial charge in [-0.1, -0.05) is 27.2 Å². The van der Waals surface area contributed by atoms with Gasteiger partial charge >= 0.3 is 0 Å². The quantitative estimate of drug-likeness (QED) is 0.776. The minimum absolute atomic E-state index is 0.0708. The van der Waals surface area contributed by atoms with E-state index in [2.05, 4.69) is 5.32 Å². The third-order valence-electron chi connectivity index (χ3n) is 3.67. The molecule has 1 heterocycles. The van der Waals surface area contributed by atoms with Crippen molar-refractivity contribution in [3.63, 3.8) is 0 Å². The summed E-state index contributed by atoms with van der Waals surface area (Å²) >= 11 is 0. The number of nitrogens with zero attached hydrogens (tertiary/aromatic N) is 1. The zero-order valence-electron chi connectivity index (χ0n) is 13.4. The number of piperazine rings is 1. The number of rotatable bonds is 6. The van der Waals surface area contributed by atoms with E-state index in [0.29, 0.717) is 6.42 Å². The molecule has 0 aromatic carbocycles. The molecule has 1 aliphatic rings. The highest BCUT2D eigenvalue weighted by atomic mass is 32.2. The standard InChI is InChI=1S/C14H26N2O4S/c1-6-7-11-14(18)16(10(4)8-21(5,19)20)12(9(2)3)13(17)15-11/h9-12H,6-8H2,1-5H3,(H,15,17). The lowest BCUT2D eigenvalue weighted by Crippen LogP contribution is -2.67. The molecule has 3 atom stereocenters. The molecular formula is C14H26N2O4S. The number of hydrogen-bond acceptors (Lipinski definition) is 4. The molecule has 0 radical (unpaired) electrons. The molecule has 122 valence electrons. The first-order valence-corrected chi connectivity index (χ1v) is 9.44. The van der Waals surface area contributed by atoms with E-state index in [1.165, 1.54) is 4.90 Å². The van der Waals surface area contributed by atoms with Crippen LogP contribution in [0.5, 0.6) is 0 Å².